The van der Waals surface area contributed by atoms with E-state index in [0.717, 1.165) is 29.5 Å². The molecule has 1 aliphatic rings. The Morgan fingerprint density at radius 1 is 1.40 bits per heavy atom. The first-order chi connectivity index (χ1) is 11.7. The van der Waals surface area contributed by atoms with Crippen LogP contribution < -0.4 is 5.56 Å². The van der Waals surface area contributed by atoms with Gasteiger partial charge in [-0.2, -0.15) is 0 Å². The van der Waals surface area contributed by atoms with E-state index in [4.69, 9.17) is 4.98 Å². The van der Waals surface area contributed by atoms with Crippen molar-refractivity contribution in [1.29, 1.82) is 0 Å². The minimum atomic E-state index is -0.368. The van der Waals surface area contributed by atoms with Gasteiger partial charge in [0.15, 0.2) is 5.16 Å². The van der Waals surface area contributed by atoms with Crippen molar-refractivity contribution in [3.8, 4) is 0 Å². The Balaban J connectivity index is 2.03. The SMILES string of the molecule is CCn1c(SCC(=O)C(C)(C)C)nc2sc3c(c2c1=O)CC[C@H](C)C3. The van der Waals surface area contributed by atoms with Gasteiger partial charge < -0.3 is 0 Å². The van der Waals surface area contributed by atoms with E-state index in [1.165, 1.54) is 22.2 Å². The van der Waals surface area contributed by atoms with Crippen molar-refractivity contribution in [2.24, 2.45) is 11.3 Å². The van der Waals surface area contributed by atoms with Crippen LogP contribution >= 0.6 is 23.1 Å². The molecule has 0 saturated carbocycles. The van der Waals surface area contributed by atoms with E-state index in [-0.39, 0.29) is 16.8 Å². The number of carbonyl (C=O) groups is 1. The fourth-order valence-electron chi connectivity index (χ4n) is 3.14. The molecule has 0 aliphatic heterocycles. The molecule has 0 aromatic carbocycles. The van der Waals surface area contributed by atoms with E-state index in [2.05, 4.69) is 6.92 Å². The quantitative estimate of drug-likeness (QED) is 0.588. The lowest BCUT2D eigenvalue weighted by Gasteiger charge is -2.18. The van der Waals surface area contributed by atoms with Crippen LogP contribution in [0.1, 0.15) is 51.5 Å². The molecular weight excluding hydrogens is 352 g/mol. The summed E-state index contributed by atoms with van der Waals surface area (Å²) >= 11 is 3.06. The normalized spacial score (nSPS) is 17.7. The van der Waals surface area contributed by atoms with Gasteiger partial charge in [0.2, 0.25) is 0 Å². The van der Waals surface area contributed by atoms with Gasteiger partial charge in [0.25, 0.3) is 5.56 Å². The smallest absolute Gasteiger partial charge is 0.263 e. The number of fused-ring (bicyclic) bond motifs is 3. The molecule has 1 aliphatic carbocycles. The number of Topliss-reactive ketones (excluding diaryl/α,β-unsaturated/α-hetero) is 1. The Morgan fingerprint density at radius 2 is 2.12 bits per heavy atom. The maximum atomic E-state index is 13.1. The number of ketones is 1. The summed E-state index contributed by atoms with van der Waals surface area (Å²) in [6, 6.07) is 0. The number of carbonyl (C=O) groups excluding carboxylic acids is 1. The highest BCUT2D eigenvalue weighted by atomic mass is 32.2. The zero-order valence-electron chi connectivity index (χ0n) is 15.6. The number of thioether (sulfide) groups is 1. The molecule has 0 N–H and O–H groups in total. The minimum Gasteiger partial charge on any atom is -0.298 e. The van der Waals surface area contributed by atoms with Crippen LogP contribution in [-0.2, 0) is 24.2 Å². The van der Waals surface area contributed by atoms with Crippen molar-refractivity contribution in [2.75, 3.05) is 5.75 Å². The molecule has 0 radical (unpaired) electrons. The second-order valence-corrected chi connectivity index (χ2v) is 9.96. The molecule has 0 fully saturated rings. The highest BCUT2D eigenvalue weighted by Gasteiger charge is 2.26. The van der Waals surface area contributed by atoms with Gasteiger partial charge >= 0.3 is 0 Å². The molecule has 1 atom stereocenters. The van der Waals surface area contributed by atoms with E-state index in [1.54, 1.807) is 15.9 Å². The van der Waals surface area contributed by atoms with Crippen molar-refractivity contribution >= 4 is 39.1 Å². The van der Waals surface area contributed by atoms with E-state index in [1.807, 2.05) is 27.7 Å². The highest BCUT2D eigenvalue weighted by Crippen LogP contribution is 2.36. The first-order valence-electron chi connectivity index (χ1n) is 8.93. The van der Waals surface area contributed by atoms with Gasteiger partial charge in [0.1, 0.15) is 10.6 Å². The summed E-state index contributed by atoms with van der Waals surface area (Å²) < 4.78 is 1.73. The van der Waals surface area contributed by atoms with Crippen molar-refractivity contribution in [2.45, 2.75) is 65.6 Å². The van der Waals surface area contributed by atoms with Crippen LogP contribution in [0.25, 0.3) is 10.2 Å². The molecule has 3 rings (SSSR count). The van der Waals surface area contributed by atoms with Crippen LogP contribution in [0.2, 0.25) is 0 Å². The molecule has 0 unspecified atom stereocenters. The molecule has 136 valence electrons. The third kappa shape index (κ3) is 3.56. The van der Waals surface area contributed by atoms with Crippen molar-refractivity contribution < 1.29 is 4.79 Å². The van der Waals surface area contributed by atoms with Gasteiger partial charge in [-0.05, 0) is 37.7 Å². The Labute approximate surface area is 157 Å². The van der Waals surface area contributed by atoms with E-state index >= 15 is 0 Å². The maximum absolute atomic E-state index is 13.1. The molecule has 0 spiro atoms. The molecule has 0 amide bonds. The first-order valence-corrected chi connectivity index (χ1v) is 10.7. The molecule has 0 bridgehead atoms. The lowest BCUT2D eigenvalue weighted by atomic mass is 9.89. The Kier molecular flexibility index (Phi) is 5.13. The van der Waals surface area contributed by atoms with Crippen LogP contribution in [-0.4, -0.2) is 21.1 Å². The standard InChI is InChI=1S/C19H26N2O2S2/c1-6-21-17(23)15-12-8-7-11(2)9-13(12)25-16(15)20-18(21)24-10-14(22)19(3,4)5/h11H,6-10H2,1-5H3/t11-/m0/s1. The van der Waals surface area contributed by atoms with Gasteiger partial charge in [0, 0.05) is 16.8 Å². The molecule has 25 heavy (non-hydrogen) atoms. The molecule has 2 heterocycles. The molecular formula is C19H26N2O2S2. The average molecular weight is 379 g/mol. The van der Waals surface area contributed by atoms with E-state index in [0.29, 0.717) is 23.4 Å². The summed E-state index contributed by atoms with van der Waals surface area (Å²) in [6.45, 7) is 10.6. The zero-order chi connectivity index (χ0) is 18.4. The Hall–Kier alpha value is -1.14. The van der Waals surface area contributed by atoms with Crippen molar-refractivity contribution in [1.82, 2.24) is 9.55 Å². The van der Waals surface area contributed by atoms with Crippen LogP contribution in [0.3, 0.4) is 0 Å². The number of hydrogen-bond acceptors (Lipinski definition) is 5. The summed E-state index contributed by atoms with van der Waals surface area (Å²) in [4.78, 5) is 32.3. The predicted octanol–water partition coefficient (Wildman–Crippen LogP) is 4.31. The fourth-order valence-corrected chi connectivity index (χ4v) is 5.79. The number of hydrogen-bond donors (Lipinski definition) is 0. The maximum Gasteiger partial charge on any atom is 0.263 e. The second kappa shape index (κ2) is 6.88. The number of rotatable bonds is 4. The van der Waals surface area contributed by atoms with Crippen LogP contribution in [0.4, 0.5) is 0 Å². The molecule has 2 aromatic heterocycles. The average Bonchev–Trinajstić information content (AvgIpc) is 2.89. The van der Waals surface area contributed by atoms with Gasteiger partial charge in [-0.3, -0.25) is 14.2 Å². The van der Waals surface area contributed by atoms with Crippen molar-refractivity contribution in [3.63, 3.8) is 0 Å². The van der Waals surface area contributed by atoms with Gasteiger partial charge in [-0.25, -0.2) is 4.98 Å². The number of aromatic nitrogens is 2. The molecule has 2 aromatic rings. The van der Waals surface area contributed by atoms with E-state index in [9.17, 15) is 9.59 Å². The topological polar surface area (TPSA) is 52.0 Å². The molecule has 4 nitrogen and oxygen atoms in total. The second-order valence-electron chi connectivity index (χ2n) is 7.94. The third-order valence-corrected chi connectivity index (χ3v) is 6.99. The largest absolute Gasteiger partial charge is 0.298 e. The summed E-state index contributed by atoms with van der Waals surface area (Å²) in [7, 11) is 0. The summed E-state index contributed by atoms with van der Waals surface area (Å²) in [5.41, 5.74) is 0.914. The van der Waals surface area contributed by atoms with E-state index < -0.39 is 0 Å². The Morgan fingerprint density at radius 3 is 2.76 bits per heavy atom. The highest BCUT2D eigenvalue weighted by molar-refractivity contribution is 7.99. The number of aryl methyl sites for hydroxylation is 1. The minimum absolute atomic E-state index is 0.0604. The van der Waals surface area contributed by atoms with Crippen LogP contribution in [0.15, 0.2) is 9.95 Å². The lowest BCUT2D eigenvalue weighted by molar-refractivity contribution is -0.123. The Bertz CT molecular complexity index is 874. The lowest BCUT2D eigenvalue weighted by Crippen LogP contribution is -2.25. The molecule has 0 saturated heterocycles. The summed E-state index contributed by atoms with van der Waals surface area (Å²) in [5, 5.41) is 1.49. The first kappa shape index (κ1) is 18.6. The zero-order valence-corrected chi connectivity index (χ0v) is 17.3. The van der Waals surface area contributed by atoms with Gasteiger partial charge in [0.05, 0.1) is 11.1 Å². The summed E-state index contributed by atoms with van der Waals surface area (Å²) in [6.07, 6.45) is 3.17. The fraction of sp³-hybridized carbons (Fsp3) is 0.632. The predicted molar refractivity (Wildman–Crippen MR) is 106 cm³/mol. The third-order valence-electron chi connectivity index (χ3n) is 4.87. The number of thiophene rings is 1. The summed E-state index contributed by atoms with van der Waals surface area (Å²) in [5.74, 6) is 1.20. The number of nitrogens with zero attached hydrogens (tertiary/aromatic N) is 2. The van der Waals surface area contributed by atoms with Crippen LogP contribution in [0, 0.1) is 11.3 Å². The van der Waals surface area contributed by atoms with Crippen LogP contribution in [0.5, 0.6) is 0 Å². The monoisotopic (exact) mass is 378 g/mol. The van der Waals surface area contributed by atoms with Gasteiger partial charge in [-0.15, -0.1) is 11.3 Å². The van der Waals surface area contributed by atoms with Gasteiger partial charge in [-0.1, -0.05) is 39.5 Å². The van der Waals surface area contributed by atoms with Crippen molar-refractivity contribution in [3.05, 3.63) is 20.8 Å². The molecule has 6 heteroatoms.